The first kappa shape index (κ1) is 19.8. The topological polar surface area (TPSA) is 49.0 Å². The third kappa shape index (κ3) is 3.86. The molecule has 0 fully saturated rings. The summed E-state index contributed by atoms with van der Waals surface area (Å²) in [6.07, 6.45) is 2.18. The summed E-state index contributed by atoms with van der Waals surface area (Å²) in [7, 11) is 1.68. The maximum atomic E-state index is 6.46. The van der Waals surface area contributed by atoms with Crippen molar-refractivity contribution in [1.29, 1.82) is 0 Å². The zero-order chi connectivity index (χ0) is 17.9. The fourth-order valence-electron chi connectivity index (χ4n) is 3.60. The van der Waals surface area contributed by atoms with Gasteiger partial charge in [-0.3, -0.25) is 0 Å². The standard InChI is InChI=1S/C21H25NO4.ClH/c1-3-4-11-22-12-18-19-16(9-10-17-21(19)25-13-24-17)20(26-18)14-5-7-15(23-2)8-6-14;/h5-10,18,20,22H,3-4,11-13H2,1-2H3;1H. The normalized spacial score (nSPS) is 19.5. The Hall–Kier alpha value is -1.95. The predicted octanol–water partition coefficient (Wildman–Crippen LogP) is 4.40. The molecule has 2 aromatic carbocycles. The first-order chi connectivity index (χ1) is 12.8. The summed E-state index contributed by atoms with van der Waals surface area (Å²) in [6, 6.07) is 12.1. The Balaban J connectivity index is 0.00000210. The molecule has 6 heteroatoms. The number of unbranched alkanes of at least 4 members (excludes halogenated alkanes) is 1. The highest BCUT2D eigenvalue weighted by Gasteiger charge is 2.38. The van der Waals surface area contributed by atoms with E-state index in [0.717, 1.165) is 53.4 Å². The van der Waals surface area contributed by atoms with Crippen LogP contribution < -0.4 is 19.5 Å². The van der Waals surface area contributed by atoms with E-state index in [0.29, 0.717) is 0 Å². The van der Waals surface area contributed by atoms with Crippen LogP contribution in [0.15, 0.2) is 36.4 Å². The number of hydrogen-bond acceptors (Lipinski definition) is 5. The van der Waals surface area contributed by atoms with E-state index < -0.39 is 0 Å². The van der Waals surface area contributed by atoms with E-state index >= 15 is 0 Å². The highest BCUT2D eigenvalue weighted by atomic mass is 35.5. The van der Waals surface area contributed by atoms with Crippen molar-refractivity contribution in [2.75, 3.05) is 27.0 Å². The molecular formula is C21H26ClNO4. The van der Waals surface area contributed by atoms with E-state index in [-0.39, 0.29) is 31.4 Å². The monoisotopic (exact) mass is 391 g/mol. The SMILES string of the molecule is CCCCNCC1OC(c2ccc(OC)cc2)c2ccc3c(c21)OCO3.Cl. The van der Waals surface area contributed by atoms with Crippen LogP contribution in [0.4, 0.5) is 0 Å². The van der Waals surface area contributed by atoms with Crippen molar-refractivity contribution in [2.24, 2.45) is 0 Å². The van der Waals surface area contributed by atoms with Gasteiger partial charge in [0.05, 0.1) is 7.11 Å². The second-order valence-corrected chi connectivity index (χ2v) is 6.64. The maximum absolute atomic E-state index is 6.46. The highest BCUT2D eigenvalue weighted by molar-refractivity contribution is 5.85. The fourth-order valence-corrected chi connectivity index (χ4v) is 3.60. The van der Waals surface area contributed by atoms with E-state index in [1.54, 1.807) is 7.11 Å². The smallest absolute Gasteiger partial charge is 0.231 e. The number of nitrogens with one attached hydrogen (secondary N) is 1. The number of hydrogen-bond donors (Lipinski definition) is 1. The molecule has 146 valence electrons. The molecule has 2 heterocycles. The Labute approximate surface area is 166 Å². The van der Waals surface area contributed by atoms with Gasteiger partial charge in [-0.15, -0.1) is 12.4 Å². The average molecular weight is 392 g/mol. The van der Waals surface area contributed by atoms with Crippen molar-refractivity contribution in [1.82, 2.24) is 5.32 Å². The molecule has 2 atom stereocenters. The van der Waals surface area contributed by atoms with Crippen molar-refractivity contribution >= 4 is 12.4 Å². The lowest BCUT2D eigenvalue weighted by Gasteiger charge is -2.16. The van der Waals surface area contributed by atoms with Crippen molar-refractivity contribution in [3.05, 3.63) is 53.1 Å². The van der Waals surface area contributed by atoms with Crippen molar-refractivity contribution in [2.45, 2.75) is 32.0 Å². The molecule has 1 N–H and O–H groups in total. The van der Waals surface area contributed by atoms with Crippen LogP contribution in [0.1, 0.15) is 48.7 Å². The van der Waals surface area contributed by atoms with Crippen molar-refractivity contribution in [3.63, 3.8) is 0 Å². The third-order valence-corrected chi connectivity index (χ3v) is 4.97. The van der Waals surface area contributed by atoms with Crippen LogP contribution >= 0.6 is 12.4 Å². The second kappa shape index (κ2) is 8.83. The van der Waals surface area contributed by atoms with Crippen LogP contribution in [0.2, 0.25) is 0 Å². The van der Waals surface area contributed by atoms with Gasteiger partial charge in [-0.2, -0.15) is 0 Å². The summed E-state index contributed by atoms with van der Waals surface area (Å²) in [5, 5.41) is 3.51. The van der Waals surface area contributed by atoms with Crippen LogP contribution in [0, 0.1) is 0 Å². The van der Waals surface area contributed by atoms with Gasteiger partial charge >= 0.3 is 0 Å². The van der Waals surface area contributed by atoms with Gasteiger partial charge in [0.1, 0.15) is 18.0 Å². The summed E-state index contributed by atoms with van der Waals surface area (Å²) in [5.74, 6) is 2.48. The Morgan fingerprint density at radius 3 is 2.67 bits per heavy atom. The number of benzene rings is 2. The number of rotatable bonds is 7. The molecule has 0 spiro atoms. The molecule has 0 amide bonds. The summed E-state index contributed by atoms with van der Waals surface area (Å²) in [4.78, 5) is 0. The molecule has 0 radical (unpaired) electrons. The van der Waals surface area contributed by atoms with Gasteiger partial charge in [0.15, 0.2) is 11.5 Å². The lowest BCUT2D eigenvalue weighted by molar-refractivity contribution is 0.0330. The molecule has 0 saturated heterocycles. The largest absolute Gasteiger partial charge is 0.497 e. The van der Waals surface area contributed by atoms with Gasteiger partial charge in [0.2, 0.25) is 6.79 Å². The zero-order valence-corrected chi connectivity index (χ0v) is 16.5. The molecule has 5 nitrogen and oxygen atoms in total. The lowest BCUT2D eigenvalue weighted by Crippen LogP contribution is -2.22. The van der Waals surface area contributed by atoms with E-state index in [4.69, 9.17) is 18.9 Å². The van der Waals surface area contributed by atoms with Crippen molar-refractivity contribution in [3.8, 4) is 17.2 Å². The molecular weight excluding hydrogens is 366 g/mol. The molecule has 0 aromatic heterocycles. The fraction of sp³-hybridized carbons (Fsp3) is 0.429. The summed E-state index contributed by atoms with van der Waals surface area (Å²) >= 11 is 0. The van der Waals surface area contributed by atoms with Gasteiger partial charge in [-0.1, -0.05) is 31.5 Å². The van der Waals surface area contributed by atoms with E-state index in [1.807, 2.05) is 18.2 Å². The molecule has 0 aliphatic carbocycles. The Bertz CT molecular complexity index is 766. The van der Waals surface area contributed by atoms with Crippen LogP contribution in [0.5, 0.6) is 17.2 Å². The highest BCUT2D eigenvalue weighted by Crippen LogP contribution is 2.51. The maximum Gasteiger partial charge on any atom is 0.231 e. The number of ether oxygens (including phenoxy) is 4. The number of halogens is 1. The van der Waals surface area contributed by atoms with Crippen molar-refractivity contribution < 1.29 is 18.9 Å². The molecule has 2 aromatic rings. The zero-order valence-electron chi connectivity index (χ0n) is 15.7. The van der Waals surface area contributed by atoms with Crippen LogP contribution in [-0.2, 0) is 4.74 Å². The minimum absolute atomic E-state index is 0. The van der Waals surface area contributed by atoms with Crippen LogP contribution in [-0.4, -0.2) is 27.0 Å². The van der Waals surface area contributed by atoms with Crippen LogP contribution in [0.25, 0.3) is 0 Å². The number of fused-ring (bicyclic) bond motifs is 3. The second-order valence-electron chi connectivity index (χ2n) is 6.64. The molecule has 27 heavy (non-hydrogen) atoms. The van der Waals surface area contributed by atoms with Gasteiger partial charge in [-0.05, 0) is 42.3 Å². The number of methoxy groups -OCH3 is 1. The summed E-state index contributed by atoms with van der Waals surface area (Å²) < 4.78 is 23.1. The Kier molecular flexibility index (Phi) is 6.47. The van der Waals surface area contributed by atoms with Gasteiger partial charge in [0, 0.05) is 12.1 Å². The molecule has 2 unspecified atom stereocenters. The Morgan fingerprint density at radius 2 is 1.93 bits per heavy atom. The van der Waals surface area contributed by atoms with Gasteiger partial charge < -0.3 is 24.3 Å². The quantitative estimate of drug-likeness (QED) is 0.709. The first-order valence-corrected chi connectivity index (χ1v) is 9.24. The van der Waals surface area contributed by atoms with E-state index in [9.17, 15) is 0 Å². The van der Waals surface area contributed by atoms with Gasteiger partial charge in [0.25, 0.3) is 0 Å². The molecule has 0 saturated carbocycles. The van der Waals surface area contributed by atoms with E-state index in [2.05, 4.69) is 30.4 Å². The van der Waals surface area contributed by atoms with Gasteiger partial charge in [-0.25, -0.2) is 0 Å². The predicted molar refractivity (Wildman–Crippen MR) is 106 cm³/mol. The van der Waals surface area contributed by atoms with E-state index in [1.165, 1.54) is 6.42 Å². The minimum Gasteiger partial charge on any atom is -0.497 e. The third-order valence-electron chi connectivity index (χ3n) is 4.97. The summed E-state index contributed by atoms with van der Waals surface area (Å²) in [6.45, 7) is 4.22. The first-order valence-electron chi connectivity index (χ1n) is 9.24. The molecule has 2 aliphatic rings. The lowest BCUT2D eigenvalue weighted by atomic mass is 9.96. The van der Waals surface area contributed by atoms with Crippen LogP contribution in [0.3, 0.4) is 0 Å². The molecule has 4 rings (SSSR count). The minimum atomic E-state index is -0.108. The Morgan fingerprint density at radius 1 is 1.11 bits per heavy atom. The summed E-state index contributed by atoms with van der Waals surface area (Å²) in [5.41, 5.74) is 3.38. The molecule has 2 aliphatic heterocycles. The average Bonchev–Trinajstić information content (AvgIpc) is 3.29. The molecule has 0 bridgehead atoms.